The maximum absolute atomic E-state index is 16.6. The molecule has 212 valence electrons. The summed E-state index contributed by atoms with van der Waals surface area (Å²) in [6.45, 7) is 7.14. The number of benzene rings is 2. The third-order valence-electron chi connectivity index (χ3n) is 7.26. The SMILES string of the molecule is C=CCCC(=O)Nc1ccc(F)[c]([Ti]([c]2c(F)ccc(NC(=O)CCC=C)c2F)([CH]2C=CC=C2)[CH]2C=CC=C2)c1F. The Hall–Kier alpha value is -3.75. The summed E-state index contributed by atoms with van der Waals surface area (Å²) in [5.41, 5.74) is -0.561. The van der Waals surface area contributed by atoms with Crippen molar-refractivity contribution in [3.8, 4) is 0 Å². The van der Waals surface area contributed by atoms with E-state index in [1.54, 1.807) is 60.8 Å². The molecule has 2 aromatic rings. The zero-order chi connectivity index (χ0) is 29.6. The molecule has 4 nitrogen and oxygen atoms in total. The third kappa shape index (κ3) is 5.99. The molecule has 0 aliphatic heterocycles. The van der Waals surface area contributed by atoms with E-state index >= 15 is 17.6 Å². The van der Waals surface area contributed by atoms with Crippen LogP contribution in [0, 0.1) is 23.3 Å². The van der Waals surface area contributed by atoms with Crippen LogP contribution in [0.5, 0.6) is 0 Å². The summed E-state index contributed by atoms with van der Waals surface area (Å²) in [4.78, 5) is 24.9. The van der Waals surface area contributed by atoms with Crippen LogP contribution < -0.4 is 18.4 Å². The number of carbonyl (C=O) groups is 2. The molecule has 0 saturated heterocycles. The van der Waals surface area contributed by atoms with Gasteiger partial charge in [0.15, 0.2) is 0 Å². The molecule has 0 bridgehead atoms. The average Bonchev–Trinajstić information content (AvgIpc) is 3.69. The van der Waals surface area contributed by atoms with Crippen LogP contribution in [0.1, 0.15) is 25.7 Å². The van der Waals surface area contributed by atoms with Crippen LogP contribution in [0.25, 0.3) is 0 Å². The molecule has 0 aromatic heterocycles. The fourth-order valence-corrected chi connectivity index (χ4v) is 14.2. The van der Waals surface area contributed by atoms with Crippen molar-refractivity contribution in [2.24, 2.45) is 0 Å². The molecule has 2 N–H and O–H groups in total. The van der Waals surface area contributed by atoms with E-state index in [4.69, 9.17) is 0 Å². The molecule has 0 unspecified atom stereocenters. The second-order valence-corrected chi connectivity index (χ2v) is 16.1. The predicted molar refractivity (Wildman–Crippen MR) is 152 cm³/mol. The second-order valence-electron chi connectivity index (χ2n) is 9.78. The molecule has 0 saturated carbocycles. The van der Waals surface area contributed by atoms with E-state index in [0.717, 1.165) is 24.3 Å². The topological polar surface area (TPSA) is 58.2 Å². The minimum absolute atomic E-state index is 0.0290. The van der Waals surface area contributed by atoms with Crippen molar-refractivity contribution in [2.75, 3.05) is 10.6 Å². The Kier molecular flexibility index (Phi) is 9.79. The molecule has 2 aromatic carbocycles. The van der Waals surface area contributed by atoms with Gasteiger partial charge in [0.1, 0.15) is 0 Å². The van der Waals surface area contributed by atoms with Crippen molar-refractivity contribution in [3.63, 3.8) is 0 Å². The van der Waals surface area contributed by atoms with E-state index in [1.165, 1.54) is 0 Å². The number of nitrogens with one attached hydrogen (secondary N) is 2. The Morgan fingerprint density at radius 2 is 1.05 bits per heavy atom. The fraction of sp³-hybridized carbons (Fsp3) is 0.188. The normalized spacial score (nSPS) is 14.5. The van der Waals surface area contributed by atoms with E-state index in [1.807, 2.05) is 0 Å². The first-order valence-electron chi connectivity index (χ1n) is 13.2. The molecular weight excluding hydrogens is 568 g/mol. The summed E-state index contributed by atoms with van der Waals surface area (Å²) in [7, 11) is 0. The molecule has 41 heavy (non-hydrogen) atoms. The van der Waals surface area contributed by atoms with E-state index < -0.39 is 67.9 Å². The van der Waals surface area contributed by atoms with Crippen molar-refractivity contribution in [3.05, 3.63) is 121 Å². The number of carbonyl (C=O) groups excluding carboxylic acids is 2. The molecule has 4 rings (SSSR count). The minimum atomic E-state index is -5.04. The van der Waals surface area contributed by atoms with Gasteiger partial charge < -0.3 is 0 Å². The molecule has 0 atom stereocenters. The van der Waals surface area contributed by atoms with Gasteiger partial charge in [-0.3, -0.25) is 0 Å². The van der Waals surface area contributed by atoms with E-state index in [0.29, 0.717) is 12.8 Å². The third-order valence-corrected chi connectivity index (χ3v) is 15.8. The van der Waals surface area contributed by atoms with Crippen LogP contribution in [0.2, 0.25) is 8.45 Å². The summed E-state index contributed by atoms with van der Waals surface area (Å²) in [6.07, 6.45) is 17.3. The van der Waals surface area contributed by atoms with Gasteiger partial charge in [-0.1, -0.05) is 0 Å². The summed E-state index contributed by atoms with van der Waals surface area (Å²) >= 11 is -5.04. The molecule has 9 heteroatoms. The fourth-order valence-electron chi connectivity index (χ4n) is 5.43. The predicted octanol–water partition coefficient (Wildman–Crippen LogP) is 6.99. The maximum atomic E-state index is 16.6. The summed E-state index contributed by atoms with van der Waals surface area (Å²) in [5, 5.41) is 4.96. The van der Waals surface area contributed by atoms with Crippen LogP contribution in [0.4, 0.5) is 28.9 Å². The second kappa shape index (κ2) is 13.3. The number of anilines is 2. The first-order valence-corrected chi connectivity index (χ1v) is 16.6. The van der Waals surface area contributed by atoms with Gasteiger partial charge in [-0.15, -0.1) is 0 Å². The van der Waals surface area contributed by atoms with Crippen LogP contribution in [-0.4, -0.2) is 11.8 Å². The molecule has 2 aliphatic carbocycles. The van der Waals surface area contributed by atoms with Crippen molar-refractivity contribution in [1.29, 1.82) is 0 Å². The van der Waals surface area contributed by atoms with Gasteiger partial charge in [0.05, 0.1) is 0 Å². The van der Waals surface area contributed by atoms with Gasteiger partial charge in [0.25, 0.3) is 0 Å². The summed E-state index contributed by atoms with van der Waals surface area (Å²) in [6, 6.07) is 4.25. The number of halogens is 4. The monoisotopic (exact) mass is 598 g/mol. The number of allylic oxidation sites excluding steroid dienone is 10. The van der Waals surface area contributed by atoms with E-state index in [9.17, 15) is 9.59 Å². The Morgan fingerprint density at radius 3 is 1.39 bits per heavy atom. The Balaban J connectivity index is 2.01. The quantitative estimate of drug-likeness (QED) is 0.157. The molecule has 0 heterocycles. The van der Waals surface area contributed by atoms with Crippen molar-refractivity contribution >= 4 is 30.9 Å². The van der Waals surface area contributed by atoms with Crippen molar-refractivity contribution in [1.82, 2.24) is 0 Å². The number of hydrogen-bond donors (Lipinski definition) is 2. The van der Waals surface area contributed by atoms with E-state index in [2.05, 4.69) is 23.8 Å². The number of hydrogen-bond acceptors (Lipinski definition) is 2. The van der Waals surface area contributed by atoms with Gasteiger partial charge in [-0.2, -0.15) is 0 Å². The Bertz CT molecular complexity index is 1360. The zero-order valence-electron chi connectivity index (χ0n) is 22.3. The van der Waals surface area contributed by atoms with Crippen molar-refractivity contribution < 1.29 is 43.7 Å². The van der Waals surface area contributed by atoms with Crippen LogP contribution >= 0.6 is 0 Å². The van der Waals surface area contributed by atoms with Crippen LogP contribution in [0.3, 0.4) is 0 Å². The Labute approximate surface area is 240 Å². The van der Waals surface area contributed by atoms with E-state index in [-0.39, 0.29) is 24.2 Å². The van der Waals surface area contributed by atoms with Crippen LogP contribution in [0.15, 0.2) is 98.2 Å². The first-order chi connectivity index (χ1) is 19.7. The molecule has 2 aliphatic rings. The molecule has 0 radical (unpaired) electrons. The number of amides is 2. The molecule has 2 amide bonds. The van der Waals surface area contributed by atoms with Crippen molar-refractivity contribution in [2.45, 2.75) is 34.1 Å². The average molecular weight is 598 g/mol. The molecule has 0 fully saturated rings. The standard InChI is InChI=1S/2C11H10F2NO.2C5H5.Ti/c2*1-2-3-4-11(15)14-10-6-5-8(12)7-9(10)13;2*1-2-4-5-3-1;/h2*2,5-6H,1,3-4H2,(H,14,15);2*1-5H;. The van der Waals surface area contributed by atoms with Gasteiger partial charge in [0, 0.05) is 0 Å². The molecular formula is C32H30F4N2O2Ti. The Morgan fingerprint density at radius 1 is 0.683 bits per heavy atom. The van der Waals surface area contributed by atoms with Gasteiger partial charge in [-0.05, 0) is 0 Å². The van der Waals surface area contributed by atoms with Crippen LogP contribution in [-0.2, 0) is 26.2 Å². The molecule has 0 spiro atoms. The van der Waals surface area contributed by atoms with Gasteiger partial charge in [-0.25, -0.2) is 0 Å². The summed E-state index contributed by atoms with van der Waals surface area (Å²) in [5.74, 6) is -5.09. The zero-order valence-corrected chi connectivity index (χ0v) is 23.9. The van der Waals surface area contributed by atoms with Gasteiger partial charge in [0.2, 0.25) is 0 Å². The number of rotatable bonds is 12. The van der Waals surface area contributed by atoms with Gasteiger partial charge >= 0.3 is 241 Å². The summed E-state index contributed by atoms with van der Waals surface area (Å²) < 4.78 is 62.9. The first kappa shape index (κ1) is 30.2.